The quantitative estimate of drug-likeness (QED) is 0.585. The molecule has 0 saturated carbocycles. The van der Waals surface area contributed by atoms with Crippen molar-refractivity contribution in [1.29, 1.82) is 0 Å². The normalized spacial score (nSPS) is 10.7. The number of benzene rings is 1. The fraction of sp³-hybridized carbons (Fsp3) is 0.0526. The summed E-state index contributed by atoms with van der Waals surface area (Å²) in [6.45, 7) is 0.344. The van der Waals surface area contributed by atoms with Crippen molar-refractivity contribution in [3.63, 3.8) is 0 Å². The van der Waals surface area contributed by atoms with Crippen molar-refractivity contribution in [2.45, 2.75) is 6.54 Å². The van der Waals surface area contributed by atoms with Gasteiger partial charge in [0.1, 0.15) is 5.82 Å². The van der Waals surface area contributed by atoms with Crippen molar-refractivity contribution < 1.29 is 13.6 Å². The average Bonchev–Trinajstić information content (AvgIpc) is 3.38. The van der Waals surface area contributed by atoms with E-state index in [0.29, 0.717) is 17.9 Å². The van der Waals surface area contributed by atoms with Crippen LogP contribution in [0.25, 0.3) is 11.4 Å². The van der Waals surface area contributed by atoms with Gasteiger partial charge in [-0.25, -0.2) is 4.39 Å². The average molecular weight is 363 g/mol. The van der Waals surface area contributed by atoms with E-state index in [9.17, 15) is 9.18 Å². The smallest absolute Gasteiger partial charge is 0.317 e. The number of hydrogen-bond donors (Lipinski definition) is 1. The highest BCUT2D eigenvalue weighted by molar-refractivity contribution is 5.94. The Balaban J connectivity index is 1.66. The van der Waals surface area contributed by atoms with Crippen LogP contribution in [0.2, 0.25) is 0 Å². The molecule has 4 aromatic rings. The summed E-state index contributed by atoms with van der Waals surface area (Å²) < 4.78 is 19.4. The zero-order valence-electron chi connectivity index (χ0n) is 14.0. The van der Waals surface area contributed by atoms with E-state index < -0.39 is 5.91 Å². The molecular weight excluding hydrogens is 349 g/mol. The van der Waals surface area contributed by atoms with Gasteiger partial charge >= 0.3 is 5.91 Å². The van der Waals surface area contributed by atoms with Gasteiger partial charge in [-0.1, -0.05) is 12.1 Å². The zero-order chi connectivity index (χ0) is 18.6. The molecule has 0 saturated heterocycles. The predicted molar refractivity (Wildman–Crippen MR) is 95.4 cm³/mol. The molecule has 4 rings (SSSR count). The molecular formula is C19H14FN5O2. The van der Waals surface area contributed by atoms with Crippen LogP contribution < -0.4 is 5.32 Å². The van der Waals surface area contributed by atoms with Crippen molar-refractivity contribution in [3.8, 4) is 11.4 Å². The number of anilines is 1. The van der Waals surface area contributed by atoms with Crippen molar-refractivity contribution in [1.82, 2.24) is 19.7 Å². The largest absolute Gasteiger partial charge is 0.459 e. The van der Waals surface area contributed by atoms with Gasteiger partial charge in [0, 0.05) is 24.5 Å². The van der Waals surface area contributed by atoms with Gasteiger partial charge in [0.2, 0.25) is 5.95 Å². The first kappa shape index (κ1) is 16.6. The molecule has 0 aliphatic rings. The number of nitrogens with zero attached hydrogens (tertiary/aromatic N) is 4. The fourth-order valence-corrected chi connectivity index (χ4v) is 2.47. The van der Waals surface area contributed by atoms with Gasteiger partial charge in [-0.05, 0) is 42.0 Å². The van der Waals surface area contributed by atoms with Gasteiger partial charge in [-0.3, -0.25) is 9.78 Å². The summed E-state index contributed by atoms with van der Waals surface area (Å²) in [6.07, 6.45) is 4.67. The maximum Gasteiger partial charge on any atom is 0.317 e. The van der Waals surface area contributed by atoms with Gasteiger partial charge in [-0.15, -0.1) is 5.10 Å². The molecule has 1 aromatic carbocycles. The molecule has 0 spiro atoms. The molecule has 27 heavy (non-hydrogen) atoms. The Kier molecular flexibility index (Phi) is 4.44. The van der Waals surface area contributed by atoms with Crippen molar-refractivity contribution in [2.24, 2.45) is 0 Å². The number of furan rings is 1. The molecule has 1 N–H and O–H groups in total. The molecule has 0 aliphatic heterocycles. The Hall–Kier alpha value is -3.81. The highest BCUT2D eigenvalue weighted by Crippen LogP contribution is 2.19. The maximum absolute atomic E-state index is 13.1. The molecule has 3 heterocycles. The Labute approximate surface area is 153 Å². The van der Waals surface area contributed by atoms with Crippen LogP contribution in [-0.4, -0.2) is 25.7 Å². The van der Waals surface area contributed by atoms with Crippen LogP contribution in [0.5, 0.6) is 0 Å². The van der Waals surface area contributed by atoms with Gasteiger partial charge in [0.25, 0.3) is 0 Å². The van der Waals surface area contributed by atoms with Crippen LogP contribution >= 0.6 is 0 Å². The third-order valence-electron chi connectivity index (χ3n) is 3.82. The standard InChI is InChI=1S/C19H14FN5O2/c20-15-7-5-13(6-8-15)11-22-19-23-17(14-3-1-9-21-12-14)24-25(19)18(26)16-4-2-10-27-16/h1-10,12H,11H2,(H,22,23,24). The summed E-state index contributed by atoms with van der Waals surface area (Å²) in [6, 6.07) is 12.8. The van der Waals surface area contributed by atoms with Crippen LogP contribution in [0.1, 0.15) is 16.1 Å². The minimum absolute atomic E-state index is 0.141. The predicted octanol–water partition coefficient (Wildman–Crippen LogP) is 3.37. The monoisotopic (exact) mass is 363 g/mol. The molecule has 0 amide bonds. The third-order valence-corrected chi connectivity index (χ3v) is 3.82. The third kappa shape index (κ3) is 3.59. The lowest BCUT2D eigenvalue weighted by Gasteiger charge is -2.06. The van der Waals surface area contributed by atoms with E-state index in [-0.39, 0.29) is 17.5 Å². The van der Waals surface area contributed by atoms with Gasteiger partial charge in [0.15, 0.2) is 11.6 Å². The van der Waals surface area contributed by atoms with Gasteiger partial charge < -0.3 is 9.73 Å². The van der Waals surface area contributed by atoms with Crippen molar-refractivity contribution >= 4 is 11.9 Å². The summed E-state index contributed by atoms with van der Waals surface area (Å²) >= 11 is 0. The number of nitrogens with one attached hydrogen (secondary N) is 1. The molecule has 8 heteroatoms. The topological polar surface area (TPSA) is 85.8 Å². The number of rotatable bonds is 5. The molecule has 0 aliphatic carbocycles. The van der Waals surface area contributed by atoms with Gasteiger partial charge in [0.05, 0.1) is 6.26 Å². The second-order valence-corrected chi connectivity index (χ2v) is 5.67. The summed E-state index contributed by atoms with van der Waals surface area (Å²) in [5.41, 5.74) is 1.51. The summed E-state index contributed by atoms with van der Waals surface area (Å²) in [5.74, 6) is -0.0234. The van der Waals surface area contributed by atoms with Crippen LogP contribution in [0, 0.1) is 5.82 Å². The van der Waals surface area contributed by atoms with Crippen LogP contribution in [0.3, 0.4) is 0 Å². The van der Waals surface area contributed by atoms with E-state index in [1.807, 2.05) is 0 Å². The Morgan fingerprint density at radius 1 is 1.15 bits per heavy atom. The lowest BCUT2D eigenvalue weighted by Crippen LogP contribution is -2.17. The molecule has 7 nitrogen and oxygen atoms in total. The molecule has 0 atom stereocenters. The van der Waals surface area contributed by atoms with E-state index in [4.69, 9.17) is 4.42 Å². The highest BCUT2D eigenvalue weighted by Gasteiger charge is 2.20. The Morgan fingerprint density at radius 3 is 2.70 bits per heavy atom. The SMILES string of the molecule is O=C(c1ccco1)n1nc(-c2cccnc2)nc1NCc1ccc(F)cc1. The Morgan fingerprint density at radius 2 is 2.00 bits per heavy atom. The summed E-state index contributed by atoms with van der Waals surface area (Å²) in [7, 11) is 0. The van der Waals surface area contributed by atoms with Crippen LogP contribution in [-0.2, 0) is 6.54 Å². The van der Waals surface area contributed by atoms with E-state index in [1.54, 1.807) is 48.8 Å². The number of aromatic nitrogens is 4. The first-order valence-corrected chi connectivity index (χ1v) is 8.15. The minimum Gasteiger partial charge on any atom is -0.459 e. The van der Waals surface area contributed by atoms with E-state index in [2.05, 4.69) is 20.4 Å². The number of pyridine rings is 1. The number of carbonyl (C=O) groups is 1. The molecule has 0 unspecified atom stereocenters. The second-order valence-electron chi connectivity index (χ2n) is 5.67. The van der Waals surface area contributed by atoms with Crippen LogP contribution in [0.4, 0.5) is 10.3 Å². The van der Waals surface area contributed by atoms with E-state index >= 15 is 0 Å². The Bertz CT molecular complexity index is 1040. The maximum atomic E-state index is 13.1. The lowest BCUT2D eigenvalue weighted by molar-refractivity contribution is 0.0919. The lowest BCUT2D eigenvalue weighted by atomic mass is 10.2. The molecule has 0 fully saturated rings. The molecule has 0 radical (unpaired) electrons. The summed E-state index contributed by atoms with van der Waals surface area (Å²) in [5, 5.41) is 7.36. The fourth-order valence-electron chi connectivity index (χ4n) is 2.47. The zero-order valence-corrected chi connectivity index (χ0v) is 14.0. The van der Waals surface area contributed by atoms with E-state index in [1.165, 1.54) is 18.4 Å². The molecule has 3 aromatic heterocycles. The van der Waals surface area contributed by atoms with Crippen LogP contribution in [0.15, 0.2) is 71.6 Å². The number of hydrogen-bond acceptors (Lipinski definition) is 6. The molecule has 134 valence electrons. The first-order valence-electron chi connectivity index (χ1n) is 8.15. The summed E-state index contributed by atoms with van der Waals surface area (Å²) in [4.78, 5) is 21.1. The number of halogens is 1. The number of carbonyl (C=O) groups excluding carboxylic acids is 1. The van der Waals surface area contributed by atoms with Crippen molar-refractivity contribution in [2.75, 3.05) is 5.32 Å². The molecule has 0 bridgehead atoms. The second kappa shape index (κ2) is 7.20. The first-order chi connectivity index (χ1) is 13.2. The minimum atomic E-state index is -0.454. The van der Waals surface area contributed by atoms with Gasteiger partial charge in [-0.2, -0.15) is 9.67 Å². The van der Waals surface area contributed by atoms with E-state index in [0.717, 1.165) is 10.2 Å². The highest BCUT2D eigenvalue weighted by atomic mass is 19.1. The van der Waals surface area contributed by atoms with Crippen molar-refractivity contribution in [3.05, 3.63) is 84.3 Å².